The number of nitrogens with zero attached hydrogens (tertiary/aromatic N) is 2. The van der Waals surface area contributed by atoms with Crippen LogP contribution in [0.2, 0.25) is 5.02 Å². The van der Waals surface area contributed by atoms with E-state index in [0.29, 0.717) is 18.7 Å². The van der Waals surface area contributed by atoms with Crippen molar-refractivity contribution < 1.29 is 18.1 Å². The van der Waals surface area contributed by atoms with Gasteiger partial charge in [0.2, 0.25) is 10.0 Å². The van der Waals surface area contributed by atoms with Gasteiger partial charge in [-0.05, 0) is 49.6 Å². The predicted octanol–water partition coefficient (Wildman–Crippen LogP) is 3.98. The molecule has 2 aromatic rings. The number of nitro groups is 1. The first kappa shape index (κ1) is 21.2. The number of nitro benzene ring substituents is 1. The summed E-state index contributed by atoms with van der Waals surface area (Å²) >= 11 is 5.77. The van der Waals surface area contributed by atoms with Crippen LogP contribution in [0.3, 0.4) is 0 Å². The molecule has 0 saturated carbocycles. The Bertz CT molecular complexity index is 1070. The number of aryl methyl sites for hydroxylation is 1. The number of hydrogen-bond donors (Lipinski definition) is 1. The highest BCUT2D eigenvalue weighted by Crippen LogP contribution is 2.28. The van der Waals surface area contributed by atoms with Crippen molar-refractivity contribution in [2.45, 2.75) is 31.1 Å². The summed E-state index contributed by atoms with van der Waals surface area (Å²) in [5.74, 6) is -0.602. The molecule has 1 N–H and O–H groups in total. The Kier molecular flexibility index (Phi) is 6.21. The fraction of sp³-hybridized carbons (Fsp3) is 0.316. The summed E-state index contributed by atoms with van der Waals surface area (Å²) in [6, 6.07) is 8.35. The van der Waals surface area contributed by atoms with Gasteiger partial charge in [0.25, 0.3) is 11.6 Å². The number of sulfonamides is 1. The first-order valence-corrected chi connectivity index (χ1v) is 10.9. The van der Waals surface area contributed by atoms with Crippen LogP contribution in [0.25, 0.3) is 0 Å². The van der Waals surface area contributed by atoms with Gasteiger partial charge in [-0.25, -0.2) is 8.42 Å². The number of carbonyl (C=O) groups is 1. The molecule has 1 aliphatic heterocycles. The van der Waals surface area contributed by atoms with Crippen molar-refractivity contribution in [2.75, 3.05) is 18.4 Å². The Labute approximate surface area is 173 Å². The lowest BCUT2D eigenvalue weighted by molar-refractivity contribution is -0.384. The largest absolute Gasteiger partial charge is 0.322 e. The van der Waals surface area contributed by atoms with E-state index in [2.05, 4.69) is 5.32 Å². The molecule has 1 fully saturated rings. The molecule has 2 aromatic carbocycles. The number of piperidine rings is 1. The molecule has 0 spiro atoms. The van der Waals surface area contributed by atoms with Crippen LogP contribution in [0.4, 0.5) is 11.4 Å². The minimum Gasteiger partial charge on any atom is -0.322 e. The highest BCUT2D eigenvalue weighted by molar-refractivity contribution is 7.89. The molecule has 0 aliphatic carbocycles. The zero-order valence-electron chi connectivity index (χ0n) is 15.7. The highest BCUT2D eigenvalue weighted by Gasteiger charge is 2.27. The van der Waals surface area contributed by atoms with Crippen molar-refractivity contribution >= 4 is 38.9 Å². The van der Waals surface area contributed by atoms with Crippen LogP contribution in [-0.2, 0) is 10.0 Å². The van der Waals surface area contributed by atoms with E-state index in [0.717, 1.165) is 25.3 Å². The van der Waals surface area contributed by atoms with E-state index in [4.69, 9.17) is 11.6 Å². The molecular weight excluding hydrogens is 418 g/mol. The fourth-order valence-electron chi connectivity index (χ4n) is 3.20. The van der Waals surface area contributed by atoms with Crippen LogP contribution in [0.5, 0.6) is 0 Å². The smallest absolute Gasteiger partial charge is 0.288 e. The van der Waals surface area contributed by atoms with Gasteiger partial charge in [-0.2, -0.15) is 4.31 Å². The lowest BCUT2D eigenvalue weighted by Crippen LogP contribution is -2.36. The molecule has 3 rings (SSSR count). The Morgan fingerprint density at radius 3 is 2.48 bits per heavy atom. The molecule has 10 heteroatoms. The Hall–Kier alpha value is -2.49. The first-order chi connectivity index (χ1) is 13.7. The zero-order valence-corrected chi connectivity index (χ0v) is 17.3. The molecule has 0 atom stereocenters. The zero-order chi connectivity index (χ0) is 21.2. The second-order valence-corrected chi connectivity index (χ2v) is 9.14. The summed E-state index contributed by atoms with van der Waals surface area (Å²) in [5.41, 5.74) is 0.531. The molecule has 0 aromatic heterocycles. The lowest BCUT2D eigenvalue weighted by atomic mass is 10.1. The molecule has 8 nitrogen and oxygen atoms in total. The monoisotopic (exact) mass is 437 g/mol. The first-order valence-electron chi connectivity index (χ1n) is 9.06. The molecule has 0 radical (unpaired) electrons. The van der Waals surface area contributed by atoms with Crippen molar-refractivity contribution in [3.05, 3.63) is 62.7 Å². The third-order valence-corrected chi connectivity index (χ3v) is 7.14. The number of benzene rings is 2. The highest BCUT2D eigenvalue weighted by atomic mass is 35.5. The Morgan fingerprint density at radius 1 is 1.14 bits per heavy atom. The van der Waals surface area contributed by atoms with Crippen LogP contribution in [0.15, 0.2) is 41.3 Å². The number of nitrogens with one attached hydrogen (secondary N) is 1. The molecule has 29 heavy (non-hydrogen) atoms. The average molecular weight is 438 g/mol. The molecule has 1 saturated heterocycles. The van der Waals surface area contributed by atoms with Crippen LogP contribution in [-0.4, -0.2) is 36.6 Å². The van der Waals surface area contributed by atoms with Crippen molar-refractivity contribution in [1.82, 2.24) is 4.31 Å². The number of rotatable bonds is 5. The van der Waals surface area contributed by atoms with Crippen LogP contribution < -0.4 is 5.32 Å². The van der Waals surface area contributed by atoms with Gasteiger partial charge < -0.3 is 5.32 Å². The summed E-state index contributed by atoms with van der Waals surface area (Å²) in [6.07, 6.45) is 2.66. The molecule has 1 heterocycles. The molecule has 0 unspecified atom stereocenters. The quantitative estimate of drug-likeness (QED) is 0.561. The Balaban J connectivity index is 1.87. The summed E-state index contributed by atoms with van der Waals surface area (Å²) < 4.78 is 27.5. The summed E-state index contributed by atoms with van der Waals surface area (Å²) in [5, 5.41) is 13.5. The van der Waals surface area contributed by atoms with Gasteiger partial charge in [0.05, 0.1) is 9.82 Å². The number of anilines is 1. The topological polar surface area (TPSA) is 110 Å². The predicted molar refractivity (Wildman–Crippen MR) is 110 cm³/mol. The number of hydrogen-bond acceptors (Lipinski definition) is 5. The second-order valence-electron chi connectivity index (χ2n) is 6.82. The molecular formula is C19H20ClN3O5S. The maximum Gasteiger partial charge on any atom is 0.288 e. The summed E-state index contributed by atoms with van der Waals surface area (Å²) in [4.78, 5) is 23.0. The minimum absolute atomic E-state index is 0.0436. The number of amides is 1. The maximum absolute atomic E-state index is 13.0. The molecule has 154 valence electrons. The normalized spacial score (nSPS) is 15.1. The van der Waals surface area contributed by atoms with Crippen molar-refractivity contribution in [3.63, 3.8) is 0 Å². The van der Waals surface area contributed by atoms with E-state index >= 15 is 0 Å². The van der Waals surface area contributed by atoms with E-state index in [1.165, 1.54) is 22.5 Å². The third kappa shape index (κ3) is 4.58. The standard InChI is InChI=1S/C19H20ClN3O5S/c1-13-5-7-15(12-18(13)29(27,28)22-9-3-2-4-10-22)21-19(24)14-6-8-16(20)17(11-14)23(25)26/h5-8,11-12H,2-4,9-10H2,1H3,(H,21,24). The van der Waals surface area contributed by atoms with Gasteiger partial charge in [-0.15, -0.1) is 0 Å². The number of carbonyl (C=O) groups excluding carboxylic acids is 1. The van der Waals surface area contributed by atoms with Gasteiger partial charge in [-0.3, -0.25) is 14.9 Å². The van der Waals surface area contributed by atoms with E-state index in [-0.39, 0.29) is 26.9 Å². The third-order valence-electron chi connectivity index (χ3n) is 4.78. The van der Waals surface area contributed by atoms with Gasteiger partial charge in [-0.1, -0.05) is 24.1 Å². The van der Waals surface area contributed by atoms with E-state index < -0.39 is 20.9 Å². The number of halogens is 1. The van der Waals surface area contributed by atoms with Gasteiger partial charge in [0.15, 0.2) is 0 Å². The van der Waals surface area contributed by atoms with E-state index in [9.17, 15) is 23.3 Å². The van der Waals surface area contributed by atoms with Crippen molar-refractivity contribution in [3.8, 4) is 0 Å². The van der Waals surface area contributed by atoms with E-state index in [1.54, 1.807) is 19.1 Å². The Morgan fingerprint density at radius 2 is 1.83 bits per heavy atom. The van der Waals surface area contributed by atoms with Crippen molar-refractivity contribution in [1.29, 1.82) is 0 Å². The van der Waals surface area contributed by atoms with Crippen LogP contribution in [0.1, 0.15) is 35.2 Å². The average Bonchev–Trinajstić information content (AvgIpc) is 2.70. The van der Waals surface area contributed by atoms with Gasteiger partial charge in [0.1, 0.15) is 5.02 Å². The lowest BCUT2D eigenvalue weighted by Gasteiger charge is -2.26. The molecule has 1 aliphatic rings. The summed E-state index contributed by atoms with van der Waals surface area (Å²) in [6.45, 7) is 2.66. The molecule has 0 bridgehead atoms. The van der Waals surface area contributed by atoms with Crippen molar-refractivity contribution in [2.24, 2.45) is 0 Å². The van der Waals surface area contributed by atoms with Crippen LogP contribution >= 0.6 is 11.6 Å². The minimum atomic E-state index is -3.66. The van der Waals surface area contributed by atoms with Gasteiger partial charge in [0, 0.05) is 30.4 Å². The SMILES string of the molecule is Cc1ccc(NC(=O)c2ccc(Cl)c([N+](=O)[O-])c2)cc1S(=O)(=O)N1CCCCC1. The second kappa shape index (κ2) is 8.48. The van der Waals surface area contributed by atoms with Gasteiger partial charge >= 0.3 is 0 Å². The molecule has 1 amide bonds. The summed E-state index contributed by atoms with van der Waals surface area (Å²) in [7, 11) is -3.66. The fourth-order valence-corrected chi connectivity index (χ4v) is 5.15. The van der Waals surface area contributed by atoms with Crippen LogP contribution in [0, 0.1) is 17.0 Å². The maximum atomic E-state index is 13.0. The van der Waals surface area contributed by atoms with E-state index in [1.807, 2.05) is 0 Å².